The zero-order valence-electron chi connectivity index (χ0n) is 26.4. The molecule has 4 aromatic rings. The molecule has 0 bridgehead atoms. The highest BCUT2D eigenvalue weighted by molar-refractivity contribution is 5.94. The molecule has 0 unspecified atom stereocenters. The number of nitrogens with zero attached hydrogens (tertiary/aromatic N) is 1. The van der Waals surface area contributed by atoms with Crippen LogP contribution in [0, 0.1) is 29.1 Å². The second-order valence-corrected chi connectivity index (χ2v) is 12.3. The minimum absolute atomic E-state index is 0.0556. The molecule has 12 heteroatoms. The normalized spacial score (nSPS) is 21.2. The predicted molar refractivity (Wildman–Crippen MR) is 169 cm³/mol. The Balaban J connectivity index is 1.16. The number of nitrogens with one attached hydrogen (secondary N) is 1. The first-order valence-electron chi connectivity index (χ1n) is 16.0. The van der Waals surface area contributed by atoms with E-state index in [0.717, 1.165) is 47.2 Å². The highest BCUT2D eigenvalue weighted by atomic mass is 19.2. The number of amides is 1. The summed E-state index contributed by atoms with van der Waals surface area (Å²) in [5.74, 6) is -12.6. The monoisotopic (exact) mass is 682 g/mol. The molecule has 2 fully saturated rings. The Morgan fingerprint density at radius 3 is 2.14 bits per heavy atom. The van der Waals surface area contributed by atoms with E-state index >= 15 is 0 Å². The van der Waals surface area contributed by atoms with Gasteiger partial charge in [-0.05, 0) is 53.3 Å². The van der Waals surface area contributed by atoms with Crippen LogP contribution in [0.25, 0.3) is 11.1 Å². The molecule has 258 valence electrons. The first kappa shape index (κ1) is 34.7. The standard InChI is InChI=1S/C37H35F5N2O5/c38-31-30(32(39)34(41)35(42)33(31)40)36(47)43-17-22-3-1-4-26(15-22)23-10-12-25(13-11-23)37-48-28(18-44-14-2-5-27(44)20-46)16-29(49-37)24-8-6-21(19-45)7-9-24/h1,3-4,6-13,15,27-29,37,45-46H,2,5,14,16-20H2,(H,43,47)/t27-,28+,29-,37-/m0/s1. The fourth-order valence-corrected chi connectivity index (χ4v) is 6.41. The third-order valence-corrected chi connectivity index (χ3v) is 9.10. The van der Waals surface area contributed by atoms with Gasteiger partial charge in [-0.3, -0.25) is 9.69 Å². The number of ether oxygens (including phenoxy) is 2. The van der Waals surface area contributed by atoms with E-state index in [0.29, 0.717) is 18.5 Å². The number of likely N-dealkylation sites (tertiary alicyclic amines) is 1. The van der Waals surface area contributed by atoms with Gasteiger partial charge in [-0.15, -0.1) is 0 Å². The van der Waals surface area contributed by atoms with Gasteiger partial charge in [0, 0.05) is 31.1 Å². The second kappa shape index (κ2) is 15.1. The van der Waals surface area contributed by atoms with Crippen LogP contribution in [0.3, 0.4) is 0 Å². The summed E-state index contributed by atoms with van der Waals surface area (Å²) in [7, 11) is 0. The van der Waals surface area contributed by atoms with Crippen LogP contribution >= 0.6 is 0 Å². The maximum absolute atomic E-state index is 14.1. The first-order valence-corrected chi connectivity index (χ1v) is 16.0. The van der Waals surface area contributed by atoms with Gasteiger partial charge in [0.2, 0.25) is 5.82 Å². The van der Waals surface area contributed by atoms with Crippen LogP contribution in [0.2, 0.25) is 0 Å². The SMILES string of the molecule is O=C(NCc1cccc(-c2ccc([C@H]3O[C@@H](CN4CCC[C@H]4CO)C[C@@H](c4ccc(CO)cc4)O3)cc2)c1)c1c(F)c(F)c(F)c(F)c1F. The number of halogens is 5. The van der Waals surface area contributed by atoms with Crippen LogP contribution in [0.1, 0.15) is 64.3 Å². The molecule has 49 heavy (non-hydrogen) atoms. The maximum atomic E-state index is 14.1. The second-order valence-electron chi connectivity index (χ2n) is 12.3. The number of carbonyl (C=O) groups is 1. The summed E-state index contributed by atoms with van der Waals surface area (Å²) >= 11 is 0. The van der Waals surface area contributed by atoms with Crippen molar-refractivity contribution < 1.29 is 46.4 Å². The molecule has 2 aliphatic heterocycles. The van der Waals surface area contributed by atoms with Crippen molar-refractivity contribution >= 4 is 5.91 Å². The van der Waals surface area contributed by atoms with Gasteiger partial charge < -0.3 is 25.0 Å². The molecule has 1 amide bonds. The number of hydrogen-bond donors (Lipinski definition) is 3. The Morgan fingerprint density at radius 2 is 1.47 bits per heavy atom. The van der Waals surface area contributed by atoms with E-state index in [-0.39, 0.29) is 38.0 Å². The average molecular weight is 683 g/mol. The summed E-state index contributed by atoms with van der Waals surface area (Å²) in [6.07, 6.45) is 1.48. The molecule has 0 radical (unpaired) electrons. The smallest absolute Gasteiger partial charge is 0.257 e. The van der Waals surface area contributed by atoms with Gasteiger partial charge >= 0.3 is 0 Å². The van der Waals surface area contributed by atoms with Crippen molar-refractivity contribution in [1.82, 2.24) is 10.2 Å². The Morgan fingerprint density at radius 1 is 0.796 bits per heavy atom. The average Bonchev–Trinajstić information content (AvgIpc) is 3.59. The van der Waals surface area contributed by atoms with Crippen molar-refractivity contribution in [2.75, 3.05) is 19.7 Å². The molecular weight excluding hydrogens is 647 g/mol. The van der Waals surface area contributed by atoms with E-state index in [9.17, 15) is 37.0 Å². The van der Waals surface area contributed by atoms with Crippen molar-refractivity contribution in [2.45, 2.75) is 57.0 Å². The van der Waals surface area contributed by atoms with Gasteiger partial charge in [0.15, 0.2) is 29.6 Å². The lowest BCUT2D eigenvalue weighted by Crippen LogP contribution is -2.42. The zero-order chi connectivity index (χ0) is 34.7. The molecule has 3 N–H and O–H groups in total. The van der Waals surface area contributed by atoms with E-state index in [1.165, 1.54) is 0 Å². The number of aliphatic hydroxyl groups is 2. The summed E-state index contributed by atoms with van der Waals surface area (Å²) in [4.78, 5) is 14.7. The van der Waals surface area contributed by atoms with Gasteiger partial charge in [-0.2, -0.15) is 0 Å². The summed E-state index contributed by atoms with van der Waals surface area (Å²) in [6, 6.07) is 22.2. The Hall–Kier alpha value is -4.20. The largest absolute Gasteiger partial charge is 0.395 e. The molecule has 2 heterocycles. The molecule has 6 rings (SSSR count). The van der Waals surface area contributed by atoms with E-state index < -0.39 is 46.8 Å². The lowest BCUT2D eigenvalue weighted by molar-refractivity contribution is -0.253. The number of carbonyl (C=O) groups excluding carboxylic acids is 1. The first-order chi connectivity index (χ1) is 23.7. The van der Waals surface area contributed by atoms with Crippen LogP contribution in [-0.4, -0.2) is 52.9 Å². The van der Waals surface area contributed by atoms with Gasteiger partial charge in [-0.1, -0.05) is 66.7 Å². The lowest BCUT2D eigenvalue weighted by atomic mass is 9.98. The molecule has 2 saturated heterocycles. The van der Waals surface area contributed by atoms with Crippen molar-refractivity contribution in [2.24, 2.45) is 0 Å². The molecule has 7 nitrogen and oxygen atoms in total. The lowest BCUT2D eigenvalue weighted by Gasteiger charge is -2.38. The third kappa shape index (κ3) is 7.53. The molecule has 0 aliphatic carbocycles. The number of hydrogen-bond acceptors (Lipinski definition) is 6. The summed E-state index contributed by atoms with van der Waals surface area (Å²) in [5, 5.41) is 21.6. The molecule has 4 atom stereocenters. The minimum Gasteiger partial charge on any atom is -0.395 e. The number of aliphatic hydroxyl groups excluding tert-OH is 2. The van der Waals surface area contributed by atoms with Crippen molar-refractivity contribution in [3.05, 3.63) is 130 Å². The minimum atomic E-state index is -2.33. The van der Waals surface area contributed by atoms with Crippen LogP contribution in [0.5, 0.6) is 0 Å². The van der Waals surface area contributed by atoms with Gasteiger partial charge in [0.25, 0.3) is 5.91 Å². The van der Waals surface area contributed by atoms with E-state index in [2.05, 4.69) is 10.2 Å². The molecule has 0 aromatic heterocycles. The molecule has 0 saturated carbocycles. The summed E-state index contributed by atoms with van der Waals surface area (Å²) in [5.41, 5.74) is 3.10. The van der Waals surface area contributed by atoms with E-state index in [1.807, 2.05) is 54.6 Å². The van der Waals surface area contributed by atoms with Crippen molar-refractivity contribution in [3.63, 3.8) is 0 Å². The highest BCUT2D eigenvalue weighted by Gasteiger charge is 2.35. The Kier molecular flexibility index (Phi) is 10.7. The number of benzene rings is 4. The van der Waals surface area contributed by atoms with Crippen LogP contribution in [0.15, 0.2) is 72.8 Å². The highest BCUT2D eigenvalue weighted by Crippen LogP contribution is 2.39. The zero-order valence-corrected chi connectivity index (χ0v) is 26.4. The van der Waals surface area contributed by atoms with Gasteiger partial charge in [-0.25, -0.2) is 22.0 Å². The fourth-order valence-electron chi connectivity index (χ4n) is 6.41. The summed E-state index contributed by atoms with van der Waals surface area (Å²) in [6.45, 7) is 1.35. The Bertz CT molecular complexity index is 1760. The maximum Gasteiger partial charge on any atom is 0.257 e. The quantitative estimate of drug-likeness (QED) is 0.101. The van der Waals surface area contributed by atoms with Crippen LogP contribution in [-0.2, 0) is 22.6 Å². The molecule has 4 aromatic carbocycles. The van der Waals surface area contributed by atoms with Crippen LogP contribution < -0.4 is 5.32 Å². The van der Waals surface area contributed by atoms with E-state index in [1.54, 1.807) is 18.2 Å². The van der Waals surface area contributed by atoms with Crippen LogP contribution in [0.4, 0.5) is 22.0 Å². The number of rotatable bonds is 10. The summed E-state index contributed by atoms with van der Waals surface area (Å²) < 4.78 is 81.7. The van der Waals surface area contributed by atoms with E-state index in [4.69, 9.17) is 9.47 Å². The van der Waals surface area contributed by atoms with Gasteiger partial charge in [0.05, 0.1) is 25.4 Å². The molecule has 0 spiro atoms. The molecular formula is C37H35F5N2O5. The Labute approximate surface area is 279 Å². The topological polar surface area (TPSA) is 91.3 Å². The fraction of sp³-hybridized carbons (Fsp3) is 0.324. The third-order valence-electron chi connectivity index (χ3n) is 9.10. The van der Waals surface area contributed by atoms with Crippen molar-refractivity contribution in [3.8, 4) is 11.1 Å². The molecule has 2 aliphatic rings. The van der Waals surface area contributed by atoms with Gasteiger partial charge in [0.1, 0.15) is 5.56 Å². The van der Waals surface area contributed by atoms with Crippen molar-refractivity contribution in [1.29, 1.82) is 0 Å². The predicted octanol–water partition coefficient (Wildman–Crippen LogP) is 6.47.